The van der Waals surface area contributed by atoms with Crippen molar-refractivity contribution in [2.45, 2.75) is 6.10 Å². The first-order valence-corrected chi connectivity index (χ1v) is 7.14. The maximum absolute atomic E-state index is 10.0. The lowest BCUT2D eigenvalue weighted by molar-refractivity contribution is 0.228. The van der Waals surface area contributed by atoms with E-state index in [1.54, 1.807) is 6.07 Å². The smallest absolute Gasteiger partial charge is 0.122 e. The van der Waals surface area contributed by atoms with Gasteiger partial charge in [-0.2, -0.15) is 0 Å². The van der Waals surface area contributed by atoms with Crippen LogP contribution in [0.4, 0.5) is 0 Å². The van der Waals surface area contributed by atoms with Gasteiger partial charge < -0.3 is 5.11 Å². The summed E-state index contributed by atoms with van der Waals surface area (Å²) in [5.41, 5.74) is 0. The summed E-state index contributed by atoms with van der Waals surface area (Å²) in [6.07, 6.45) is -0.642. The number of halogens is 3. The molecule has 2 aromatic heterocycles. The molecule has 0 aliphatic carbocycles. The van der Waals surface area contributed by atoms with Crippen LogP contribution in [0.15, 0.2) is 22.7 Å². The van der Waals surface area contributed by atoms with Crippen LogP contribution in [0, 0.1) is 0 Å². The predicted molar refractivity (Wildman–Crippen MR) is 70.4 cm³/mol. The van der Waals surface area contributed by atoms with Crippen molar-refractivity contribution < 1.29 is 5.11 Å². The molecule has 1 atom stereocenters. The van der Waals surface area contributed by atoms with Gasteiger partial charge in [0.2, 0.25) is 0 Å². The molecule has 0 saturated carbocycles. The van der Waals surface area contributed by atoms with Crippen molar-refractivity contribution in [2.75, 3.05) is 0 Å². The zero-order valence-corrected chi connectivity index (χ0v) is 11.9. The van der Waals surface area contributed by atoms with Gasteiger partial charge in [-0.1, -0.05) is 23.2 Å². The van der Waals surface area contributed by atoms with Gasteiger partial charge in [-0.15, -0.1) is 22.7 Å². The van der Waals surface area contributed by atoms with Crippen molar-refractivity contribution in [2.24, 2.45) is 0 Å². The molecule has 0 saturated heterocycles. The molecule has 0 spiro atoms. The van der Waals surface area contributed by atoms with Gasteiger partial charge in [0.05, 0.1) is 4.34 Å². The summed E-state index contributed by atoms with van der Waals surface area (Å²) in [5, 5.41) is 10.0. The van der Waals surface area contributed by atoms with Crippen molar-refractivity contribution in [3.05, 3.63) is 41.1 Å². The third kappa shape index (κ3) is 2.57. The highest BCUT2D eigenvalue weighted by Gasteiger charge is 2.16. The van der Waals surface area contributed by atoms with Crippen LogP contribution in [0.5, 0.6) is 0 Å². The number of rotatable bonds is 2. The van der Waals surface area contributed by atoms with Crippen LogP contribution in [0.25, 0.3) is 0 Å². The highest BCUT2D eigenvalue weighted by Crippen LogP contribution is 2.39. The molecule has 0 aliphatic heterocycles. The van der Waals surface area contributed by atoms with Crippen molar-refractivity contribution in [3.8, 4) is 0 Å². The highest BCUT2D eigenvalue weighted by atomic mass is 79.9. The van der Waals surface area contributed by atoms with Crippen LogP contribution in [0.3, 0.4) is 0 Å². The second kappa shape index (κ2) is 4.73. The van der Waals surface area contributed by atoms with E-state index in [4.69, 9.17) is 23.2 Å². The Morgan fingerprint density at radius 1 is 1.20 bits per heavy atom. The Kier molecular flexibility index (Phi) is 3.75. The molecule has 15 heavy (non-hydrogen) atoms. The largest absolute Gasteiger partial charge is 0.382 e. The van der Waals surface area contributed by atoms with Gasteiger partial charge in [0.15, 0.2) is 0 Å². The molecule has 2 heterocycles. The van der Waals surface area contributed by atoms with Gasteiger partial charge in [-0.3, -0.25) is 0 Å². The van der Waals surface area contributed by atoms with Crippen LogP contribution in [0.1, 0.15) is 15.9 Å². The lowest BCUT2D eigenvalue weighted by Crippen LogP contribution is -1.92. The zero-order valence-electron chi connectivity index (χ0n) is 7.21. The molecule has 2 rings (SSSR count). The number of aliphatic hydroxyl groups excluding tert-OH is 1. The third-order valence-electron chi connectivity index (χ3n) is 1.80. The predicted octanol–water partition coefficient (Wildman–Crippen LogP) is 4.96. The van der Waals surface area contributed by atoms with E-state index in [1.807, 2.05) is 12.1 Å². The van der Waals surface area contributed by atoms with Crippen LogP contribution in [-0.4, -0.2) is 5.11 Å². The van der Waals surface area contributed by atoms with E-state index in [2.05, 4.69) is 15.9 Å². The lowest BCUT2D eigenvalue weighted by atomic mass is 10.2. The van der Waals surface area contributed by atoms with Crippen LogP contribution < -0.4 is 0 Å². The fourth-order valence-corrected chi connectivity index (χ4v) is 4.00. The maximum atomic E-state index is 10.0. The molecule has 1 nitrogen and oxygen atoms in total. The topological polar surface area (TPSA) is 20.2 Å². The Morgan fingerprint density at radius 3 is 2.40 bits per heavy atom. The average molecular weight is 344 g/mol. The standard InChI is InChI=1S/C9H5BrCl2OS2/c10-4-3-6(15-9(4)12)8(13)5-1-2-7(11)14-5/h1-3,8,13H. The van der Waals surface area contributed by atoms with Crippen LogP contribution >= 0.6 is 61.8 Å². The summed E-state index contributed by atoms with van der Waals surface area (Å²) in [7, 11) is 0. The van der Waals surface area contributed by atoms with Crippen molar-refractivity contribution in [1.82, 2.24) is 0 Å². The fraction of sp³-hybridized carbons (Fsp3) is 0.111. The minimum atomic E-state index is -0.642. The quantitative estimate of drug-likeness (QED) is 0.816. The molecule has 0 amide bonds. The summed E-state index contributed by atoms with van der Waals surface area (Å²) in [4.78, 5) is 1.64. The van der Waals surface area contributed by atoms with E-state index in [1.165, 1.54) is 22.7 Å². The Labute approximate surface area is 113 Å². The number of aliphatic hydroxyl groups is 1. The summed E-state index contributed by atoms with van der Waals surface area (Å²) >= 11 is 17.7. The van der Waals surface area contributed by atoms with E-state index >= 15 is 0 Å². The molecule has 1 N–H and O–H groups in total. The summed E-state index contributed by atoms with van der Waals surface area (Å²) < 4.78 is 2.13. The Bertz CT molecular complexity index is 461. The Hall–Kier alpha value is 0.420. The Morgan fingerprint density at radius 2 is 1.93 bits per heavy atom. The van der Waals surface area contributed by atoms with Crippen LogP contribution in [0.2, 0.25) is 8.67 Å². The molecular weight excluding hydrogens is 339 g/mol. The van der Waals surface area contributed by atoms with Crippen molar-refractivity contribution in [1.29, 1.82) is 0 Å². The number of hydrogen-bond donors (Lipinski definition) is 1. The second-order valence-electron chi connectivity index (χ2n) is 2.81. The van der Waals surface area contributed by atoms with Crippen LogP contribution in [-0.2, 0) is 0 Å². The summed E-state index contributed by atoms with van der Waals surface area (Å²) in [6.45, 7) is 0. The van der Waals surface area contributed by atoms with E-state index in [9.17, 15) is 5.11 Å². The molecule has 2 aromatic rings. The SMILES string of the molecule is OC(c1ccc(Cl)s1)c1cc(Br)c(Cl)s1. The Balaban J connectivity index is 2.31. The monoisotopic (exact) mass is 342 g/mol. The van der Waals surface area contributed by atoms with Gasteiger partial charge in [0, 0.05) is 14.2 Å². The first-order chi connectivity index (χ1) is 7.08. The zero-order chi connectivity index (χ0) is 11.0. The van der Waals surface area contributed by atoms with Crippen molar-refractivity contribution in [3.63, 3.8) is 0 Å². The molecule has 0 aliphatic rings. The van der Waals surface area contributed by atoms with E-state index in [0.717, 1.165) is 14.2 Å². The molecular formula is C9H5BrCl2OS2. The molecule has 6 heteroatoms. The molecule has 1 unspecified atom stereocenters. The molecule has 0 fully saturated rings. The molecule has 0 radical (unpaired) electrons. The summed E-state index contributed by atoms with van der Waals surface area (Å²) in [6, 6.07) is 5.42. The highest BCUT2D eigenvalue weighted by molar-refractivity contribution is 9.10. The molecule has 0 bridgehead atoms. The number of hydrogen-bond acceptors (Lipinski definition) is 3. The molecule has 0 aromatic carbocycles. The van der Waals surface area contributed by atoms with Gasteiger partial charge >= 0.3 is 0 Å². The summed E-state index contributed by atoms with van der Waals surface area (Å²) in [5.74, 6) is 0. The van der Waals surface area contributed by atoms with Gasteiger partial charge in [-0.05, 0) is 34.1 Å². The maximum Gasteiger partial charge on any atom is 0.122 e. The average Bonchev–Trinajstić information content (AvgIpc) is 2.74. The fourth-order valence-electron chi connectivity index (χ4n) is 1.11. The van der Waals surface area contributed by atoms with Gasteiger partial charge in [-0.25, -0.2) is 0 Å². The second-order valence-corrected chi connectivity index (χ2v) is 7.10. The minimum absolute atomic E-state index is 0.642. The minimum Gasteiger partial charge on any atom is -0.382 e. The van der Waals surface area contributed by atoms with E-state index in [0.29, 0.717) is 8.67 Å². The van der Waals surface area contributed by atoms with Gasteiger partial charge in [0.1, 0.15) is 10.4 Å². The lowest BCUT2D eigenvalue weighted by Gasteiger charge is -2.04. The van der Waals surface area contributed by atoms with Gasteiger partial charge in [0.25, 0.3) is 0 Å². The van der Waals surface area contributed by atoms with Crippen molar-refractivity contribution >= 4 is 61.8 Å². The third-order valence-corrected chi connectivity index (χ3v) is 5.61. The molecule has 80 valence electrons. The van der Waals surface area contributed by atoms with E-state index in [-0.39, 0.29) is 0 Å². The first kappa shape index (κ1) is 11.9. The number of thiophene rings is 2. The van der Waals surface area contributed by atoms with E-state index < -0.39 is 6.10 Å². The normalized spacial score (nSPS) is 13.1. The first-order valence-electron chi connectivity index (χ1n) is 3.96.